The van der Waals surface area contributed by atoms with E-state index in [0.717, 1.165) is 17.5 Å². The Bertz CT molecular complexity index is 420. The van der Waals surface area contributed by atoms with Crippen molar-refractivity contribution in [1.29, 1.82) is 0 Å². The topological polar surface area (TPSA) is 12.5 Å². The largest absolute Gasteiger partial charge is 0.383 e. The molecule has 0 fully saturated rings. The molecule has 0 N–H and O–H groups in total. The fraction of sp³-hybridized carbons (Fsp3) is 0.571. The first kappa shape index (κ1) is 13.4. The van der Waals surface area contributed by atoms with Gasteiger partial charge in [0.2, 0.25) is 0 Å². The van der Waals surface area contributed by atoms with Gasteiger partial charge in [-0.25, -0.2) is 0 Å². The SMILES string of the molecule is CCc1ccc2c(c1)CN(CCOC)CC2(F)F. The van der Waals surface area contributed by atoms with E-state index in [-0.39, 0.29) is 12.1 Å². The third-order valence-electron chi connectivity index (χ3n) is 3.40. The first-order valence-corrected chi connectivity index (χ1v) is 6.28. The molecule has 0 saturated carbocycles. The molecule has 0 aromatic heterocycles. The summed E-state index contributed by atoms with van der Waals surface area (Å²) in [5.41, 5.74) is 2.05. The van der Waals surface area contributed by atoms with Crippen LogP contribution in [-0.4, -0.2) is 31.7 Å². The molecule has 0 radical (unpaired) electrons. The predicted octanol–water partition coefficient (Wildman–Crippen LogP) is 2.80. The van der Waals surface area contributed by atoms with Crippen molar-refractivity contribution in [1.82, 2.24) is 4.90 Å². The lowest BCUT2D eigenvalue weighted by molar-refractivity contribution is -0.0560. The summed E-state index contributed by atoms with van der Waals surface area (Å²) >= 11 is 0. The number of nitrogens with zero attached hydrogens (tertiary/aromatic N) is 1. The van der Waals surface area contributed by atoms with E-state index in [9.17, 15) is 8.78 Å². The van der Waals surface area contributed by atoms with E-state index in [1.165, 1.54) is 0 Å². The highest BCUT2D eigenvalue weighted by atomic mass is 19.3. The number of halogens is 2. The number of alkyl halides is 2. The van der Waals surface area contributed by atoms with Gasteiger partial charge < -0.3 is 4.74 Å². The highest BCUT2D eigenvalue weighted by molar-refractivity contribution is 5.37. The fourth-order valence-electron chi connectivity index (χ4n) is 2.40. The Morgan fingerprint density at radius 2 is 2.17 bits per heavy atom. The molecule has 1 aromatic carbocycles. The maximum Gasteiger partial charge on any atom is 0.285 e. The van der Waals surface area contributed by atoms with E-state index in [1.807, 2.05) is 13.0 Å². The molecule has 2 rings (SSSR count). The summed E-state index contributed by atoms with van der Waals surface area (Å²) in [5.74, 6) is -2.76. The summed E-state index contributed by atoms with van der Waals surface area (Å²) in [5, 5.41) is 0. The van der Waals surface area contributed by atoms with Crippen molar-refractivity contribution in [2.24, 2.45) is 0 Å². The van der Waals surface area contributed by atoms with Crippen molar-refractivity contribution in [3.63, 3.8) is 0 Å². The summed E-state index contributed by atoms with van der Waals surface area (Å²) in [6, 6.07) is 5.29. The first-order valence-electron chi connectivity index (χ1n) is 6.28. The zero-order valence-electron chi connectivity index (χ0n) is 10.9. The van der Waals surface area contributed by atoms with Crippen LogP contribution in [0.5, 0.6) is 0 Å². The second-order valence-electron chi connectivity index (χ2n) is 4.75. The Kier molecular flexibility index (Phi) is 3.97. The minimum absolute atomic E-state index is 0.188. The van der Waals surface area contributed by atoms with Crippen LogP contribution in [0.25, 0.3) is 0 Å². The summed E-state index contributed by atoms with van der Waals surface area (Å²) in [7, 11) is 1.59. The lowest BCUT2D eigenvalue weighted by Crippen LogP contribution is -2.41. The van der Waals surface area contributed by atoms with Crippen LogP contribution in [0.15, 0.2) is 18.2 Å². The number of aryl methyl sites for hydroxylation is 1. The highest BCUT2D eigenvalue weighted by Gasteiger charge is 2.39. The Balaban J connectivity index is 2.25. The molecule has 1 heterocycles. The summed E-state index contributed by atoms with van der Waals surface area (Å²) in [6.45, 7) is 3.43. The van der Waals surface area contributed by atoms with Crippen molar-refractivity contribution in [2.75, 3.05) is 26.8 Å². The quantitative estimate of drug-likeness (QED) is 0.820. The Morgan fingerprint density at radius 1 is 1.39 bits per heavy atom. The molecule has 0 saturated heterocycles. The van der Waals surface area contributed by atoms with Gasteiger partial charge in [0, 0.05) is 25.8 Å². The number of methoxy groups -OCH3 is 1. The van der Waals surface area contributed by atoms with Crippen molar-refractivity contribution in [3.05, 3.63) is 34.9 Å². The summed E-state index contributed by atoms with van der Waals surface area (Å²) < 4.78 is 33.0. The molecule has 0 aliphatic carbocycles. The van der Waals surface area contributed by atoms with Gasteiger partial charge in [-0.1, -0.05) is 25.1 Å². The maximum absolute atomic E-state index is 14.0. The Labute approximate surface area is 107 Å². The smallest absolute Gasteiger partial charge is 0.285 e. The zero-order chi connectivity index (χ0) is 13.2. The first-order chi connectivity index (χ1) is 8.56. The number of benzene rings is 1. The molecule has 18 heavy (non-hydrogen) atoms. The van der Waals surface area contributed by atoms with Gasteiger partial charge >= 0.3 is 0 Å². The summed E-state index contributed by atoms with van der Waals surface area (Å²) in [4.78, 5) is 1.76. The average molecular weight is 255 g/mol. The minimum Gasteiger partial charge on any atom is -0.383 e. The van der Waals surface area contributed by atoms with Crippen LogP contribution in [0.3, 0.4) is 0 Å². The van der Waals surface area contributed by atoms with Gasteiger partial charge in [0.05, 0.1) is 13.2 Å². The number of ether oxygens (including phenoxy) is 1. The molecule has 0 bridgehead atoms. The van der Waals surface area contributed by atoms with E-state index in [4.69, 9.17) is 4.74 Å². The lowest BCUT2D eigenvalue weighted by Gasteiger charge is -2.34. The van der Waals surface area contributed by atoms with E-state index in [1.54, 1.807) is 24.1 Å². The van der Waals surface area contributed by atoms with Gasteiger partial charge in [0.15, 0.2) is 0 Å². The molecule has 0 spiro atoms. The third kappa shape index (κ3) is 2.70. The monoisotopic (exact) mass is 255 g/mol. The molecule has 0 atom stereocenters. The second kappa shape index (κ2) is 5.33. The highest BCUT2D eigenvalue weighted by Crippen LogP contribution is 2.36. The van der Waals surface area contributed by atoms with Gasteiger partial charge in [-0.05, 0) is 17.5 Å². The van der Waals surface area contributed by atoms with E-state index >= 15 is 0 Å². The van der Waals surface area contributed by atoms with Crippen LogP contribution in [-0.2, 0) is 23.6 Å². The molecule has 1 aromatic rings. The van der Waals surface area contributed by atoms with Gasteiger partial charge in [-0.3, -0.25) is 4.90 Å². The van der Waals surface area contributed by atoms with Crippen molar-refractivity contribution in [2.45, 2.75) is 25.8 Å². The number of fused-ring (bicyclic) bond motifs is 1. The van der Waals surface area contributed by atoms with E-state index in [0.29, 0.717) is 19.7 Å². The average Bonchev–Trinajstić information content (AvgIpc) is 2.34. The minimum atomic E-state index is -2.76. The van der Waals surface area contributed by atoms with Gasteiger partial charge in [0.25, 0.3) is 5.92 Å². The van der Waals surface area contributed by atoms with Gasteiger partial charge in [0.1, 0.15) is 0 Å². The maximum atomic E-state index is 14.0. The van der Waals surface area contributed by atoms with Crippen LogP contribution in [0.2, 0.25) is 0 Å². The molecule has 4 heteroatoms. The Hall–Kier alpha value is -1.00. The van der Waals surface area contributed by atoms with Gasteiger partial charge in [-0.2, -0.15) is 8.78 Å². The van der Waals surface area contributed by atoms with Crippen molar-refractivity contribution < 1.29 is 13.5 Å². The number of hydrogen-bond donors (Lipinski definition) is 0. The van der Waals surface area contributed by atoms with Crippen LogP contribution >= 0.6 is 0 Å². The summed E-state index contributed by atoms with van der Waals surface area (Å²) in [6.07, 6.45) is 0.872. The van der Waals surface area contributed by atoms with Crippen LogP contribution in [0, 0.1) is 0 Å². The fourth-order valence-corrected chi connectivity index (χ4v) is 2.40. The lowest BCUT2D eigenvalue weighted by atomic mass is 9.94. The molecule has 0 amide bonds. The molecule has 100 valence electrons. The van der Waals surface area contributed by atoms with Crippen molar-refractivity contribution >= 4 is 0 Å². The van der Waals surface area contributed by atoms with Gasteiger partial charge in [-0.15, -0.1) is 0 Å². The Morgan fingerprint density at radius 3 is 2.83 bits per heavy atom. The molecular weight excluding hydrogens is 236 g/mol. The second-order valence-corrected chi connectivity index (χ2v) is 4.75. The van der Waals surface area contributed by atoms with Crippen LogP contribution in [0.1, 0.15) is 23.6 Å². The molecular formula is C14H19F2NO. The molecule has 1 aliphatic heterocycles. The number of hydrogen-bond acceptors (Lipinski definition) is 2. The predicted molar refractivity (Wildman–Crippen MR) is 66.9 cm³/mol. The van der Waals surface area contributed by atoms with E-state index in [2.05, 4.69) is 0 Å². The number of rotatable bonds is 4. The zero-order valence-corrected chi connectivity index (χ0v) is 10.9. The van der Waals surface area contributed by atoms with E-state index < -0.39 is 5.92 Å². The van der Waals surface area contributed by atoms with Crippen LogP contribution < -0.4 is 0 Å². The normalized spacial score (nSPS) is 18.7. The molecule has 2 nitrogen and oxygen atoms in total. The third-order valence-corrected chi connectivity index (χ3v) is 3.40. The van der Waals surface area contributed by atoms with Crippen LogP contribution in [0.4, 0.5) is 8.78 Å². The molecule has 1 aliphatic rings. The molecule has 0 unspecified atom stereocenters. The van der Waals surface area contributed by atoms with Crippen molar-refractivity contribution in [3.8, 4) is 0 Å². The standard InChI is InChI=1S/C14H19F2NO/c1-3-11-4-5-13-12(8-11)9-17(6-7-18-2)10-14(13,15)16/h4-5,8H,3,6-7,9-10H2,1-2H3.